The maximum absolute atomic E-state index is 2.27. The first-order chi connectivity index (χ1) is 16.4. The van der Waals surface area contributed by atoms with E-state index in [2.05, 4.69) is 133 Å². The quantitative estimate of drug-likeness (QED) is 0.257. The summed E-state index contributed by atoms with van der Waals surface area (Å²) in [5.41, 5.74) is 7.59. The molecule has 0 spiro atoms. The van der Waals surface area contributed by atoms with Crippen molar-refractivity contribution >= 4 is 22.1 Å². The highest BCUT2D eigenvalue weighted by Crippen LogP contribution is 2.49. The molecule has 0 amide bonds. The summed E-state index contributed by atoms with van der Waals surface area (Å²) >= 11 is 1.90. The monoisotopic (exact) mass is 438 g/mol. The van der Waals surface area contributed by atoms with E-state index in [1.165, 1.54) is 53.9 Å². The highest BCUT2D eigenvalue weighted by atomic mass is 32.1. The molecule has 0 aliphatic rings. The Morgan fingerprint density at radius 2 is 0.758 bits per heavy atom. The second kappa shape index (κ2) is 8.54. The Balaban J connectivity index is 1.71. The topological polar surface area (TPSA) is 0 Å². The first-order valence-electron chi connectivity index (χ1n) is 11.2. The Bertz CT molecular complexity index is 1470. The van der Waals surface area contributed by atoms with Crippen LogP contribution in [0.4, 0.5) is 0 Å². The van der Waals surface area contributed by atoms with Gasteiger partial charge in [0, 0.05) is 26.1 Å². The number of hydrogen-bond acceptors (Lipinski definition) is 1. The van der Waals surface area contributed by atoms with E-state index >= 15 is 0 Å². The minimum Gasteiger partial charge on any atom is -0.134 e. The predicted octanol–water partition coefficient (Wildman–Crippen LogP) is 9.57. The van der Waals surface area contributed by atoms with Gasteiger partial charge >= 0.3 is 0 Å². The first-order valence-corrected chi connectivity index (χ1v) is 12.0. The van der Waals surface area contributed by atoms with Gasteiger partial charge in [-0.05, 0) is 27.8 Å². The maximum Gasteiger partial charge on any atom is 0.0440 e. The van der Waals surface area contributed by atoms with Crippen molar-refractivity contribution in [2.45, 2.75) is 0 Å². The van der Waals surface area contributed by atoms with Gasteiger partial charge in [0.05, 0.1) is 0 Å². The molecule has 5 aromatic carbocycles. The van der Waals surface area contributed by atoms with E-state index < -0.39 is 0 Å². The van der Waals surface area contributed by atoms with Crippen molar-refractivity contribution in [2.24, 2.45) is 0 Å². The van der Waals surface area contributed by atoms with Gasteiger partial charge in [0.15, 0.2) is 0 Å². The highest BCUT2D eigenvalue weighted by Gasteiger charge is 2.20. The van der Waals surface area contributed by atoms with Gasteiger partial charge < -0.3 is 0 Å². The lowest BCUT2D eigenvalue weighted by molar-refractivity contribution is 1.59. The van der Waals surface area contributed by atoms with Crippen molar-refractivity contribution in [3.63, 3.8) is 0 Å². The molecule has 0 N–H and O–H groups in total. The summed E-state index contributed by atoms with van der Waals surface area (Å²) < 4.78 is 0. The molecule has 0 bridgehead atoms. The van der Waals surface area contributed by atoms with Gasteiger partial charge in [-0.25, -0.2) is 0 Å². The third-order valence-corrected chi connectivity index (χ3v) is 7.41. The van der Waals surface area contributed by atoms with Crippen LogP contribution in [0.5, 0.6) is 0 Å². The zero-order valence-corrected chi connectivity index (χ0v) is 18.9. The molecule has 1 heterocycles. The summed E-state index contributed by atoms with van der Waals surface area (Å²) in [6, 6.07) is 47.8. The average Bonchev–Trinajstić information content (AvgIpc) is 3.29. The van der Waals surface area contributed by atoms with Crippen molar-refractivity contribution in [1.82, 2.24) is 0 Å². The molecule has 0 saturated carbocycles. The molecule has 0 radical (unpaired) electrons. The molecule has 0 atom stereocenters. The molecule has 0 aliphatic carbocycles. The zero-order chi connectivity index (χ0) is 22.0. The molecule has 0 nitrogen and oxygen atoms in total. The first kappa shape index (κ1) is 19.7. The van der Waals surface area contributed by atoms with E-state index in [-0.39, 0.29) is 0 Å². The summed E-state index contributed by atoms with van der Waals surface area (Å²) in [5.74, 6) is 0. The minimum atomic E-state index is 1.24. The molecule has 6 aromatic rings. The van der Waals surface area contributed by atoms with Gasteiger partial charge in [0.1, 0.15) is 0 Å². The van der Waals surface area contributed by atoms with Crippen LogP contribution in [0.1, 0.15) is 0 Å². The summed E-state index contributed by atoms with van der Waals surface area (Å²) in [4.78, 5) is 2.64. The summed E-state index contributed by atoms with van der Waals surface area (Å²) in [7, 11) is 0. The summed E-state index contributed by atoms with van der Waals surface area (Å²) in [6.45, 7) is 0. The largest absolute Gasteiger partial charge is 0.134 e. The number of benzene rings is 5. The van der Waals surface area contributed by atoms with Crippen molar-refractivity contribution in [3.05, 3.63) is 133 Å². The van der Waals surface area contributed by atoms with Crippen LogP contribution < -0.4 is 0 Å². The number of thiophene rings is 1. The molecule has 0 unspecified atom stereocenters. The highest BCUT2D eigenvalue weighted by molar-refractivity contribution is 7.21. The van der Waals surface area contributed by atoms with E-state index in [4.69, 9.17) is 0 Å². The van der Waals surface area contributed by atoms with Crippen molar-refractivity contribution in [1.29, 1.82) is 0 Å². The van der Waals surface area contributed by atoms with Gasteiger partial charge in [-0.15, -0.1) is 11.3 Å². The number of hydrogen-bond donors (Lipinski definition) is 0. The predicted molar refractivity (Wildman–Crippen MR) is 144 cm³/mol. The third-order valence-electron chi connectivity index (χ3n) is 6.12. The second-order valence-corrected chi connectivity index (χ2v) is 9.15. The molecular weight excluding hydrogens is 416 g/mol. The van der Waals surface area contributed by atoms with Crippen LogP contribution in [-0.4, -0.2) is 0 Å². The van der Waals surface area contributed by atoms with Crippen LogP contribution in [0.15, 0.2) is 133 Å². The fourth-order valence-corrected chi connectivity index (χ4v) is 5.95. The molecule has 0 aliphatic heterocycles. The molecular formula is C32H22S. The molecule has 0 saturated heterocycles. The Hall–Kier alpha value is -3.94. The fourth-order valence-electron chi connectivity index (χ4n) is 4.59. The van der Waals surface area contributed by atoms with Crippen LogP contribution in [0.25, 0.3) is 53.9 Å². The fraction of sp³-hybridized carbons (Fsp3) is 0. The standard InChI is InChI=1S/C32H22S/c1-4-13-23(14-5-1)26-21-12-22-27(24-15-6-2-7-16-24)30(26)32-29-20-11-10-19-28(29)31(33-32)25-17-8-3-9-18-25/h1-22H. The molecule has 6 rings (SSSR count). The Kier molecular flexibility index (Phi) is 5.10. The molecule has 156 valence electrons. The van der Waals surface area contributed by atoms with Gasteiger partial charge in [0.25, 0.3) is 0 Å². The van der Waals surface area contributed by atoms with E-state index in [9.17, 15) is 0 Å². The minimum absolute atomic E-state index is 1.24. The lowest BCUT2D eigenvalue weighted by atomic mass is 9.89. The van der Waals surface area contributed by atoms with E-state index in [1.807, 2.05) is 11.3 Å². The van der Waals surface area contributed by atoms with Crippen molar-refractivity contribution in [3.8, 4) is 43.1 Å². The molecule has 1 aromatic heterocycles. The van der Waals surface area contributed by atoms with E-state index in [0.717, 1.165) is 0 Å². The van der Waals surface area contributed by atoms with Crippen LogP contribution in [0, 0.1) is 0 Å². The van der Waals surface area contributed by atoms with Crippen LogP contribution >= 0.6 is 11.3 Å². The van der Waals surface area contributed by atoms with Crippen LogP contribution in [0.3, 0.4) is 0 Å². The second-order valence-electron chi connectivity index (χ2n) is 8.13. The van der Waals surface area contributed by atoms with E-state index in [0.29, 0.717) is 0 Å². The maximum atomic E-state index is 2.27. The van der Waals surface area contributed by atoms with Gasteiger partial charge in [0.2, 0.25) is 0 Å². The van der Waals surface area contributed by atoms with Gasteiger partial charge in [-0.1, -0.05) is 133 Å². The van der Waals surface area contributed by atoms with Gasteiger partial charge in [-0.2, -0.15) is 0 Å². The summed E-state index contributed by atoms with van der Waals surface area (Å²) in [6.07, 6.45) is 0. The van der Waals surface area contributed by atoms with Crippen molar-refractivity contribution < 1.29 is 0 Å². The average molecular weight is 439 g/mol. The normalized spacial score (nSPS) is 11.0. The zero-order valence-electron chi connectivity index (χ0n) is 18.1. The van der Waals surface area contributed by atoms with Gasteiger partial charge in [-0.3, -0.25) is 0 Å². The molecule has 33 heavy (non-hydrogen) atoms. The Morgan fingerprint density at radius 1 is 0.333 bits per heavy atom. The smallest absolute Gasteiger partial charge is 0.0440 e. The molecule has 1 heteroatoms. The summed E-state index contributed by atoms with van der Waals surface area (Å²) in [5, 5.41) is 2.62. The van der Waals surface area contributed by atoms with E-state index in [1.54, 1.807) is 0 Å². The van der Waals surface area contributed by atoms with Crippen LogP contribution in [-0.2, 0) is 0 Å². The van der Waals surface area contributed by atoms with Crippen molar-refractivity contribution in [2.75, 3.05) is 0 Å². The lowest BCUT2D eigenvalue weighted by Crippen LogP contribution is -1.89. The lowest BCUT2D eigenvalue weighted by Gasteiger charge is -2.15. The van der Waals surface area contributed by atoms with Crippen LogP contribution in [0.2, 0.25) is 0 Å². The third kappa shape index (κ3) is 3.57. The SMILES string of the molecule is c1ccc(-c2cccc(-c3ccccc3)c2-c2sc(-c3ccccc3)c3ccccc23)cc1. The number of rotatable bonds is 4. The number of fused-ring (bicyclic) bond motifs is 1. The Morgan fingerprint density at radius 3 is 1.27 bits per heavy atom. The Labute approximate surface area is 198 Å². The molecule has 0 fully saturated rings.